The van der Waals surface area contributed by atoms with Crippen LogP contribution in [-0.4, -0.2) is 28.4 Å². The Labute approximate surface area is 113 Å². The van der Waals surface area contributed by atoms with Gasteiger partial charge in [0.25, 0.3) is 5.69 Å². The molecule has 0 aromatic heterocycles. The number of non-ortho nitro benzene ring substituents is 1. The molecule has 0 spiro atoms. The van der Waals surface area contributed by atoms with Crippen LogP contribution in [0.2, 0.25) is 0 Å². The zero-order valence-electron chi connectivity index (χ0n) is 8.10. The average Bonchev–Trinajstić information content (AvgIpc) is 2.20. The Kier molecular flexibility index (Phi) is 8.56. The molecule has 84 valence electrons. The van der Waals surface area contributed by atoms with Gasteiger partial charge in [0.1, 0.15) is 10.1 Å². The minimum Gasteiger partial charge on any atom is -0.744 e. The van der Waals surface area contributed by atoms with Gasteiger partial charge in [0.15, 0.2) is 0 Å². The van der Waals surface area contributed by atoms with E-state index in [4.69, 9.17) is 10.5 Å². The number of nitrogens with zero attached hydrogens (tertiary/aromatic N) is 1. The SMILES string of the molecule is O=[N+]([O-])c1cccc(S(=O)(=O)[O-])c1.OO.[Na+]. The van der Waals surface area contributed by atoms with Crippen LogP contribution >= 0.6 is 0 Å². The van der Waals surface area contributed by atoms with E-state index in [-0.39, 0.29) is 29.6 Å². The summed E-state index contributed by atoms with van der Waals surface area (Å²) < 4.78 is 31.3. The molecule has 0 aliphatic carbocycles. The molecule has 0 aliphatic rings. The maximum atomic E-state index is 10.4. The first-order valence-corrected chi connectivity index (χ1v) is 4.72. The molecule has 0 unspecified atom stereocenters. The summed E-state index contributed by atoms with van der Waals surface area (Å²) in [5.41, 5.74) is -0.420. The molecule has 0 heterocycles. The van der Waals surface area contributed by atoms with Gasteiger partial charge in [0, 0.05) is 12.1 Å². The van der Waals surface area contributed by atoms with E-state index in [0.717, 1.165) is 24.3 Å². The van der Waals surface area contributed by atoms with Gasteiger partial charge < -0.3 is 4.55 Å². The third kappa shape index (κ3) is 5.51. The molecular formula is C6H6NNaO7S. The molecule has 0 saturated carbocycles. The summed E-state index contributed by atoms with van der Waals surface area (Å²) in [5, 5.41) is 22.2. The van der Waals surface area contributed by atoms with Crippen LogP contribution in [0.15, 0.2) is 29.2 Å². The zero-order chi connectivity index (χ0) is 12.1. The van der Waals surface area contributed by atoms with Crippen LogP contribution in [0.4, 0.5) is 5.69 Å². The largest absolute Gasteiger partial charge is 1.00 e. The van der Waals surface area contributed by atoms with Crippen LogP contribution in [-0.2, 0) is 10.1 Å². The summed E-state index contributed by atoms with van der Waals surface area (Å²) in [7, 11) is -4.61. The zero-order valence-corrected chi connectivity index (χ0v) is 10.9. The second kappa shape index (κ2) is 7.68. The van der Waals surface area contributed by atoms with Crippen molar-refractivity contribution in [2.45, 2.75) is 4.90 Å². The Morgan fingerprint density at radius 3 is 2.12 bits per heavy atom. The predicted octanol–water partition coefficient (Wildman–Crippen LogP) is -2.48. The number of benzene rings is 1. The smallest absolute Gasteiger partial charge is 0.744 e. The summed E-state index contributed by atoms with van der Waals surface area (Å²) in [4.78, 5) is 8.82. The second-order valence-electron chi connectivity index (χ2n) is 2.21. The summed E-state index contributed by atoms with van der Waals surface area (Å²) in [6, 6.07) is 3.98. The molecule has 1 aromatic rings. The van der Waals surface area contributed by atoms with Crippen molar-refractivity contribution in [3.8, 4) is 0 Å². The quantitative estimate of drug-likeness (QED) is 0.197. The monoisotopic (exact) mass is 259 g/mol. The third-order valence-electron chi connectivity index (χ3n) is 1.32. The van der Waals surface area contributed by atoms with Crippen LogP contribution in [0.5, 0.6) is 0 Å². The van der Waals surface area contributed by atoms with Gasteiger partial charge in [-0.05, 0) is 6.07 Å². The van der Waals surface area contributed by atoms with E-state index in [1.54, 1.807) is 0 Å². The fraction of sp³-hybridized carbons (Fsp3) is 0. The first-order valence-electron chi connectivity index (χ1n) is 3.31. The topological polar surface area (TPSA) is 141 Å². The van der Waals surface area contributed by atoms with E-state index in [1.807, 2.05) is 0 Å². The van der Waals surface area contributed by atoms with E-state index < -0.39 is 25.6 Å². The molecule has 0 amide bonds. The van der Waals surface area contributed by atoms with Gasteiger partial charge in [-0.3, -0.25) is 20.6 Å². The molecule has 0 bridgehead atoms. The summed E-state index contributed by atoms with van der Waals surface area (Å²) >= 11 is 0. The van der Waals surface area contributed by atoms with Crippen LogP contribution in [0.3, 0.4) is 0 Å². The van der Waals surface area contributed by atoms with Gasteiger partial charge in [-0.1, -0.05) is 6.07 Å². The first-order chi connectivity index (χ1) is 6.91. The number of hydrogen-bond donors (Lipinski definition) is 2. The molecule has 8 nitrogen and oxygen atoms in total. The average molecular weight is 259 g/mol. The molecule has 1 aromatic carbocycles. The summed E-state index contributed by atoms with van der Waals surface area (Å²) in [6.07, 6.45) is 0. The van der Waals surface area contributed by atoms with Crippen molar-refractivity contribution in [3.05, 3.63) is 34.4 Å². The Balaban J connectivity index is 0. The van der Waals surface area contributed by atoms with E-state index >= 15 is 0 Å². The van der Waals surface area contributed by atoms with Gasteiger partial charge in [0.2, 0.25) is 0 Å². The molecule has 0 aliphatic heterocycles. The van der Waals surface area contributed by atoms with Crippen molar-refractivity contribution in [3.63, 3.8) is 0 Å². The normalized spacial score (nSPS) is 9.44. The fourth-order valence-electron chi connectivity index (χ4n) is 0.753. The first kappa shape index (κ1) is 17.8. The number of nitro groups is 1. The van der Waals surface area contributed by atoms with Crippen LogP contribution in [0, 0.1) is 10.1 Å². The van der Waals surface area contributed by atoms with Gasteiger partial charge in [-0.25, -0.2) is 8.42 Å². The molecule has 10 heteroatoms. The van der Waals surface area contributed by atoms with Gasteiger partial charge >= 0.3 is 29.6 Å². The molecule has 0 fully saturated rings. The minimum atomic E-state index is -4.61. The molecule has 0 radical (unpaired) electrons. The Hall–Kier alpha value is -0.550. The molecule has 0 saturated heterocycles. The van der Waals surface area contributed by atoms with Crippen molar-refractivity contribution in [2.75, 3.05) is 0 Å². The van der Waals surface area contributed by atoms with E-state index in [1.165, 1.54) is 0 Å². The van der Waals surface area contributed by atoms with E-state index in [9.17, 15) is 23.1 Å². The molecule has 2 N–H and O–H groups in total. The minimum absolute atomic E-state index is 0. The van der Waals surface area contributed by atoms with Crippen molar-refractivity contribution < 1.29 is 58.0 Å². The second-order valence-corrected chi connectivity index (χ2v) is 3.59. The maximum Gasteiger partial charge on any atom is 1.00 e. The van der Waals surface area contributed by atoms with Gasteiger partial charge in [-0.15, -0.1) is 0 Å². The molecule has 16 heavy (non-hydrogen) atoms. The van der Waals surface area contributed by atoms with Crippen molar-refractivity contribution in [1.82, 2.24) is 0 Å². The van der Waals surface area contributed by atoms with Crippen LogP contribution < -0.4 is 29.6 Å². The summed E-state index contributed by atoms with van der Waals surface area (Å²) in [5.74, 6) is 0. The number of rotatable bonds is 2. The van der Waals surface area contributed by atoms with Crippen LogP contribution in [0.1, 0.15) is 0 Å². The molecule has 1 rings (SSSR count). The standard InChI is InChI=1S/C6H5NO5S.Na.H2O2/c8-7(9)5-2-1-3-6(4-5)13(10,11)12;;1-2/h1-4H,(H,10,11,12);;1-2H/q;+1;/p-1. The van der Waals surface area contributed by atoms with Crippen LogP contribution in [0.25, 0.3) is 0 Å². The fourth-order valence-corrected chi connectivity index (χ4v) is 1.26. The summed E-state index contributed by atoms with van der Waals surface area (Å²) in [6.45, 7) is 0. The Morgan fingerprint density at radius 1 is 1.25 bits per heavy atom. The van der Waals surface area contributed by atoms with Gasteiger partial charge in [-0.2, -0.15) is 0 Å². The van der Waals surface area contributed by atoms with Crippen molar-refractivity contribution in [1.29, 1.82) is 0 Å². The molecular weight excluding hydrogens is 253 g/mol. The number of nitro benzene ring substituents is 1. The molecule has 0 atom stereocenters. The van der Waals surface area contributed by atoms with E-state index in [2.05, 4.69) is 0 Å². The van der Waals surface area contributed by atoms with Crippen molar-refractivity contribution >= 4 is 15.8 Å². The van der Waals surface area contributed by atoms with Crippen molar-refractivity contribution in [2.24, 2.45) is 0 Å². The number of hydrogen-bond acceptors (Lipinski definition) is 7. The Morgan fingerprint density at radius 2 is 1.75 bits per heavy atom. The predicted molar refractivity (Wildman–Crippen MR) is 46.3 cm³/mol. The maximum absolute atomic E-state index is 10.4. The van der Waals surface area contributed by atoms with Gasteiger partial charge in [0.05, 0.1) is 9.82 Å². The van der Waals surface area contributed by atoms with E-state index in [0.29, 0.717) is 0 Å². The third-order valence-corrected chi connectivity index (χ3v) is 2.15. The Bertz CT molecular complexity index is 446.